The molecule has 0 radical (unpaired) electrons. The van der Waals surface area contributed by atoms with Crippen LogP contribution in [-0.2, 0) is 17.9 Å². The maximum Gasteiger partial charge on any atom is 0.272 e. The summed E-state index contributed by atoms with van der Waals surface area (Å²) in [6.45, 7) is -0.131. The second-order valence-corrected chi connectivity index (χ2v) is 5.09. The molecule has 142 valence electrons. The van der Waals surface area contributed by atoms with Crippen LogP contribution in [0.4, 0.5) is 14.5 Å². The lowest BCUT2D eigenvalue weighted by Gasteiger charge is -2.11. The van der Waals surface area contributed by atoms with Gasteiger partial charge in [-0.15, -0.1) is 24.0 Å². The minimum atomic E-state index is -2.57. The van der Waals surface area contributed by atoms with Crippen LogP contribution >= 0.6 is 24.0 Å². The van der Waals surface area contributed by atoms with E-state index < -0.39 is 13.0 Å². The van der Waals surface area contributed by atoms with Crippen LogP contribution in [0.1, 0.15) is 11.1 Å². The standard InChI is InChI=1S/C17H20F2N4O2.HI/c1-24-10-13-5-2-3-7-14(13)23-17(20)22-9-12-6-4-8-21-16(12)25-11-15(18)19;/h2-8,15H,9-11H2,1H3,(H3,20,22,23);1H. The summed E-state index contributed by atoms with van der Waals surface area (Å²) in [5.41, 5.74) is 8.19. The van der Waals surface area contributed by atoms with Gasteiger partial charge < -0.3 is 20.5 Å². The minimum absolute atomic E-state index is 0. The SMILES string of the molecule is COCc1ccccc1NC(N)=NCc1cccnc1OCC(F)F.I. The third kappa shape index (κ3) is 7.08. The zero-order chi connectivity index (χ0) is 18.1. The number of benzene rings is 1. The van der Waals surface area contributed by atoms with Crippen LogP contribution in [0.2, 0.25) is 0 Å². The molecule has 1 aromatic carbocycles. The van der Waals surface area contributed by atoms with Crippen LogP contribution < -0.4 is 15.8 Å². The molecule has 0 unspecified atom stereocenters. The number of aromatic nitrogens is 1. The summed E-state index contributed by atoms with van der Waals surface area (Å²) in [7, 11) is 1.61. The predicted molar refractivity (Wildman–Crippen MR) is 107 cm³/mol. The molecule has 2 aromatic rings. The summed E-state index contributed by atoms with van der Waals surface area (Å²) in [4.78, 5) is 8.16. The quantitative estimate of drug-likeness (QED) is 0.345. The number of nitrogens with one attached hydrogen (secondary N) is 1. The normalized spacial score (nSPS) is 11.2. The second kappa shape index (κ2) is 11.6. The number of hydrogen-bond donors (Lipinski definition) is 2. The maximum absolute atomic E-state index is 12.3. The number of anilines is 1. The van der Waals surface area contributed by atoms with Crippen molar-refractivity contribution >= 4 is 35.6 Å². The Balaban J connectivity index is 0.00000338. The van der Waals surface area contributed by atoms with Crippen LogP contribution in [0, 0.1) is 0 Å². The van der Waals surface area contributed by atoms with E-state index in [2.05, 4.69) is 15.3 Å². The average Bonchev–Trinajstić information content (AvgIpc) is 2.60. The number of hydrogen-bond acceptors (Lipinski definition) is 4. The lowest BCUT2D eigenvalue weighted by Crippen LogP contribution is -2.23. The highest BCUT2D eigenvalue weighted by Crippen LogP contribution is 2.17. The van der Waals surface area contributed by atoms with Crippen molar-refractivity contribution in [3.63, 3.8) is 0 Å². The van der Waals surface area contributed by atoms with Gasteiger partial charge in [-0.05, 0) is 12.1 Å². The molecule has 6 nitrogen and oxygen atoms in total. The van der Waals surface area contributed by atoms with E-state index in [1.54, 1.807) is 19.2 Å². The molecule has 26 heavy (non-hydrogen) atoms. The Bertz CT molecular complexity index is 717. The zero-order valence-electron chi connectivity index (χ0n) is 14.2. The molecule has 2 rings (SSSR count). The molecule has 0 aliphatic carbocycles. The van der Waals surface area contributed by atoms with E-state index in [0.29, 0.717) is 12.2 Å². The first-order valence-electron chi connectivity index (χ1n) is 7.58. The van der Waals surface area contributed by atoms with Crippen LogP contribution in [0.15, 0.2) is 47.6 Å². The molecule has 0 aliphatic heterocycles. The fraction of sp³-hybridized carbons (Fsp3) is 0.294. The van der Waals surface area contributed by atoms with Gasteiger partial charge in [0.05, 0.1) is 13.2 Å². The number of alkyl halides is 2. The van der Waals surface area contributed by atoms with Crippen LogP contribution in [0.25, 0.3) is 0 Å². The predicted octanol–water partition coefficient (Wildman–Crippen LogP) is 3.42. The summed E-state index contributed by atoms with van der Waals surface area (Å²) in [5, 5.41) is 3.00. The molecule has 3 N–H and O–H groups in total. The van der Waals surface area contributed by atoms with Gasteiger partial charge >= 0.3 is 0 Å². The summed E-state index contributed by atoms with van der Waals surface area (Å²) < 4.78 is 34.7. The Morgan fingerprint density at radius 2 is 1.96 bits per heavy atom. The Morgan fingerprint density at radius 3 is 2.69 bits per heavy atom. The van der Waals surface area contributed by atoms with Gasteiger partial charge in [0.15, 0.2) is 12.6 Å². The molecule has 0 saturated carbocycles. The van der Waals surface area contributed by atoms with E-state index in [4.69, 9.17) is 15.2 Å². The number of nitrogens with zero attached hydrogens (tertiary/aromatic N) is 2. The number of pyridine rings is 1. The van der Waals surface area contributed by atoms with Crippen LogP contribution in [-0.4, -0.2) is 31.1 Å². The third-order valence-electron chi connectivity index (χ3n) is 3.20. The van der Waals surface area contributed by atoms with E-state index in [1.807, 2.05) is 24.3 Å². The van der Waals surface area contributed by atoms with Gasteiger partial charge in [-0.1, -0.05) is 24.3 Å². The van der Waals surface area contributed by atoms with Crippen molar-refractivity contribution in [2.75, 3.05) is 19.0 Å². The van der Waals surface area contributed by atoms with Gasteiger partial charge in [0.2, 0.25) is 5.88 Å². The van der Waals surface area contributed by atoms with E-state index >= 15 is 0 Å². The number of aliphatic imine (C=N–C) groups is 1. The van der Waals surface area contributed by atoms with Crippen molar-refractivity contribution in [3.8, 4) is 5.88 Å². The number of guanidine groups is 1. The molecule has 0 amide bonds. The van der Waals surface area contributed by atoms with Gasteiger partial charge in [-0.3, -0.25) is 0 Å². The van der Waals surface area contributed by atoms with Crippen LogP contribution in [0.5, 0.6) is 5.88 Å². The molecule has 1 aromatic heterocycles. The number of para-hydroxylation sites is 1. The van der Waals surface area contributed by atoms with E-state index in [0.717, 1.165) is 11.3 Å². The van der Waals surface area contributed by atoms with Gasteiger partial charge in [0.25, 0.3) is 6.43 Å². The Kier molecular flexibility index (Phi) is 9.81. The van der Waals surface area contributed by atoms with Gasteiger partial charge in [-0.2, -0.15) is 0 Å². The fourth-order valence-electron chi connectivity index (χ4n) is 2.09. The largest absolute Gasteiger partial charge is 0.471 e. The van der Waals surface area contributed by atoms with Crippen molar-refractivity contribution in [3.05, 3.63) is 53.7 Å². The number of nitrogens with two attached hydrogens (primary N) is 1. The Morgan fingerprint density at radius 1 is 1.23 bits per heavy atom. The molecule has 1 heterocycles. The Labute approximate surface area is 167 Å². The van der Waals surface area contributed by atoms with E-state index in [-0.39, 0.29) is 42.4 Å². The highest BCUT2D eigenvalue weighted by Gasteiger charge is 2.09. The molecule has 0 spiro atoms. The van der Waals surface area contributed by atoms with Crippen molar-refractivity contribution in [2.24, 2.45) is 10.7 Å². The summed E-state index contributed by atoms with van der Waals surface area (Å²) >= 11 is 0. The van der Waals surface area contributed by atoms with Gasteiger partial charge in [0.1, 0.15) is 0 Å². The molecule has 0 saturated heterocycles. The van der Waals surface area contributed by atoms with Crippen LogP contribution in [0.3, 0.4) is 0 Å². The van der Waals surface area contributed by atoms with Crippen molar-refractivity contribution in [1.82, 2.24) is 4.98 Å². The number of ether oxygens (including phenoxy) is 2. The van der Waals surface area contributed by atoms with Crippen molar-refractivity contribution in [2.45, 2.75) is 19.6 Å². The number of halogens is 3. The lowest BCUT2D eigenvalue weighted by atomic mass is 10.2. The topological polar surface area (TPSA) is 81.8 Å². The summed E-state index contributed by atoms with van der Waals surface area (Å²) in [6.07, 6.45) is -1.10. The third-order valence-corrected chi connectivity index (χ3v) is 3.20. The molecular weight excluding hydrogens is 457 g/mol. The number of rotatable bonds is 8. The van der Waals surface area contributed by atoms with E-state index in [9.17, 15) is 8.78 Å². The highest BCUT2D eigenvalue weighted by molar-refractivity contribution is 14.0. The lowest BCUT2D eigenvalue weighted by molar-refractivity contribution is 0.0791. The molecule has 0 fully saturated rings. The first kappa shape index (κ1) is 22.0. The molecule has 0 atom stereocenters. The average molecular weight is 478 g/mol. The maximum atomic E-state index is 12.3. The fourth-order valence-corrected chi connectivity index (χ4v) is 2.09. The molecule has 0 aliphatic rings. The first-order valence-corrected chi connectivity index (χ1v) is 7.58. The summed E-state index contributed by atoms with van der Waals surface area (Å²) in [6, 6.07) is 10.9. The highest BCUT2D eigenvalue weighted by atomic mass is 127. The van der Waals surface area contributed by atoms with Gasteiger partial charge in [-0.25, -0.2) is 18.8 Å². The van der Waals surface area contributed by atoms with Crippen molar-refractivity contribution < 1.29 is 18.3 Å². The molecule has 0 bridgehead atoms. The van der Waals surface area contributed by atoms with E-state index in [1.165, 1.54) is 6.20 Å². The first-order chi connectivity index (χ1) is 12.1. The number of methoxy groups -OCH3 is 1. The minimum Gasteiger partial charge on any atom is -0.471 e. The monoisotopic (exact) mass is 478 g/mol. The molecular formula is C17H21F2IN4O2. The zero-order valence-corrected chi connectivity index (χ0v) is 16.5. The van der Waals surface area contributed by atoms with Crippen molar-refractivity contribution in [1.29, 1.82) is 0 Å². The molecule has 9 heteroatoms. The second-order valence-electron chi connectivity index (χ2n) is 5.09. The Hall–Kier alpha value is -2.01. The smallest absolute Gasteiger partial charge is 0.272 e. The van der Waals surface area contributed by atoms with Gasteiger partial charge in [0, 0.05) is 30.1 Å². The summed E-state index contributed by atoms with van der Waals surface area (Å²) in [5.74, 6) is 0.311.